The number of urea groups is 1. The Morgan fingerprint density at radius 2 is 2.25 bits per heavy atom. The molecule has 2 heterocycles. The molecule has 7 nitrogen and oxygen atoms in total. The SMILES string of the molecule is NC(=O)C[C@H](NC(=O)N1CCc2sccc2C1)C(=O)O. The number of nitrogens with zero attached hydrogens (tertiary/aromatic N) is 1. The number of primary amides is 1. The van der Waals surface area contributed by atoms with Crippen LogP contribution < -0.4 is 11.1 Å². The molecule has 0 bridgehead atoms. The van der Waals surface area contributed by atoms with Crippen LogP contribution in [0.25, 0.3) is 0 Å². The molecule has 0 saturated carbocycles. The summed E-state index contributed by atoms with van der Waals surface area (Å²) in [6.07, 6.45) is 0.340. The van der Waals surface area contributed by atoms with Crippen molar-refractivity contribution in [2.75, 3.05) is 6.54 Å². The maximum Gasteiger partial charge on any atom is 0.326 e. The molecule has 0 radical (unpaired) electrons. The molecule has 8 heteroatoms. The lowest BCUT2D eigenvalue weighted by Crippen LogP contribution is -2.50. The molecule has 0 saturated heterocycles. The maximum atomic E-state index is 12.0. The van der Waals surface area contributed by atoms with Crippen molar-refractivity contribution in [2.24, 2.45) is 5.73 Å². The monoisotopic (exact) mass is 297 g/mol. The van der Waals surface area contributed by atoms with Crippen molar-refractivity contribution in [3.63, 3.8) is 0 Å². The smallest absolute Gasteiger partial charge is 0.326 e. The summed E-state index contributed by atoms with van der Waals surface area (Å²) in [5, 5.41) is 13.3. The summed E-state index contributed by atoms with van der Waals surface area (Å²) in [6, 6.07) is 0.178. The Balaban J connectivity index is 1.98. The summed E-state index contributed by atoms with van der Waals surface area (Å²) < 4.78 is 0. The summed E-state index contributed by atoms with van der Waals surface area (Å²) in [7, 11) is 0. The second-order valence-corrected chi connectivity index (χ2v) is 5.55. The quantitative estimate of drug-likeness (QED) is 0.734. The molecule has 108 valence electrons. The number of nitrogens with one attached hydrogen (secondary N) is 1. The Hall–Kier alpha value is -2.09. The van der Waals surface area contributed by atoms with Gasteiger partial charge in [0.15, 0.2) is 0 Å². The van der Waals surface area contributed by atoms with E-state index >= 15 is 0 Å². The zero-order chi connectivity index (χ0) is 14.7. The average molecular weight is 297 g/mol. The fourth-order valence-corrected chi connectivity index (χ4v) is 2.95. The standard InChI is InChI=1S/C12H15N3O4S/c13-10(16)5-8(11(17)18)14-12(19)15-3-1-9-7(6-15)2-4-20-9/h2,4,8H,1,3,5-6H2,(H2,13,16)(H,14,19)(H,17,18)/t8-/m0/s1. The van der Waals surface area contributed by atoms with E-state index in [4.69, 9.17) is 10.8 Å². The van der Waals surface area contributed by atoms with E-state index < -0.39 is 30.4 Å². The van der Waals surface area contributed by atoms with E-state index in [0.717, 1.165) is 12.0 Å². The van der Waals surface area contributed by atoms with Gasteiger partial charge in [-0.3, -0.25) is 4.79 Å². The van der Waals surface area contributed by atoms with E-state index in [9.17, 15) is 14.4 Å². The fourth-order valence-electron chi connectivity index (χ4n) is 2.06. The largest absolute Gasteiger partial charge is 0.480 e. The highest BCUT2D eigenvalue weighted by atomic mass is 32.1. The second kappa shape index (κ2) is 5.91. The molecule has 1 atom stereocenters. The third-order valence-electron chi connectivity index (χ3n) is 3.10. The molecule has 0 spiro atoms. The van der Waals surface area contributed by atoms with Crippen LogP contribution in [0.4, 0.5) is 4.79 Å². The first kappa shape index (κ1) is 14.3. The van der Waals surface area contributed by atoms with Crippen LogP contribution in [0.3, 0.4) is 0 Å². The highest BCUT2D eigenvalue weighted by Gasteiger charge is 2.27. The number of fused-ring (bicyclic) bond motifs is 1. The van der Waals surface area contributed by atoms with Gasteiger partial charge >= 0.3 is 12.0 Å². The van der Waals surface area contributed by atoms with Crippen LogP contribution in [0.2, 0.25) is 0 Å². The lowest BCUT2D eigenvalue weighted by molar-refractivity contribution is -0.141. The van der Waals surface area contributed by atoms with Crippen molar-refractivity contribution in [3.8, 4) is 0 Å². The van der Waals surface area contributed by atoms with E-state index in [2.05, 4.69) is 5.32 Å². The molecule has 3 amide bonds. The first-order valence-corrected chi connectivity index (χ1v) is 6.97. The Morgan fingerprint density at radius 1 is 1.50 bits per heavy atom. The molecule has 1 aromatic heterocycles. The molecule has 1 aromatic rings. The maximum absolute atomic E-state index is 12.0. The molecule has 0 aromatic carbocycles. The molecule has 1 aliphatic heterocycles. The van der Waals surface area contributed by atoms with E-state index in [0.29, 0.717) is 13.1 Å². The van der Waals surface area contributed by atoms with Gasteiger partial charge < -0.3 is 21.1 Å². The fraction of sp³-hybridized carbons (Fsp3) is 0.417. The number of nitrogens with two attached hydrogens (primary N) is 1. The highest BCUT2D eigenvalue weighted by Crippen LogP contribution is 2.23. The number of amides is 3. The summed E-state index contributed by atoms with van der Waals surface area (Å²) in [4.78, 5) is 36.6. The Labute approximate surface area is 119 Å². The number of thiophene rings is 1. The first-order valence-electron chi connectivity index (χ1n) is 6.09. The first-order chi connectivity index (χ1) is 9.47. The molecular weight excluding hydrogens is 282 g/mol. The number of carboxylic acid groups (broad SMARTS) is 1. The van der Waals surface area contributed by atoms with Gasteiger partial charge in [0, 0.05) is 18.0 Å². The van der Waals surface area contributed by atoms with Crippen LogP contribution >= 0.6 is 11.3 Å². The van der Waals surface area contributed by atoms with E-state index in [1.54, 1.807) is 11.3 Å². The van der Waals surface area contributed by atoms with Gasteiger partial charge in [0.25, 0.3) is 0 Å². The lowest BCUT2D eigenvalue weighted by Gasteiger charge is -2.28. The van der Waals surface area contributed by atoms with E-state index in [-0.39, 0.29) is 0 Å². The van der Waals surface area contributed by atoms with Gasteiger partial charge in [-0.15, -0.1) is 11.3 Å². The van der Waals surface area contributed by atoms with Crippen molar-refractivity contribution in [1.29, 1.82) is 0 Å². The van der Waals surface area contributed by atoms with Crippen LogP contribution in [-0.2, 0) is 22.6 Å². The predicted molar refractivity (Wildman–Crippen MR) is 72.2 cm³/mol. The molecule has 4 N–H and O–H groups in total. The van der Waals surface area contributed by atoms with Crippen LogP contribution in [0, 0.1) is 0 Å². The molecule has 20 heavy (non-hydrogen) atoms. The van der Waals surface area contributed by atoms with Gasteiger partial charge in [-0.1, -0.05) is 0 Å². The van der Waals surface area contributed by atoms with Gasteiger partial charge in [-0.25, -0.2) is 9.59 Å². The minimum atomic E-state index is -1.29. The summed E-state index contributed by atoms with van der Waals surface area (Å²) in [5.41, 5.74) is 6.05. The van der Waals surface area contributed by atoms with Gasteiger partial charge in [0.05, 0.1) is 6.42 Å². The molecule has 2 rings (SSSR count). The topological polar surface area (TPSA) is 113 Å². The second-order valence-electron chi connectivity index (χ2n) is 4.55. The number of carbonyl (C=O) groups excluding carboxylic acids is 2. The van der Waals surface area contributed by atoms with Gasteiger partial charge in [0.2, 0.25) is 5.91 Å². The van der Waals surface area contributed by atoms with Crippen LogP contribution in [0.15, 0.2) is 11.4 Å². The molecule has 0 aliphatic carbocycles. The molecule has 0 unspecified atom stereocenters. The normalized spacial score (nSPS) is 15.3. The summed E-state index contributed by atoms with van der Waals surface area (Å²) >= 11 is 1.65. The van der Waals surface area contributed by atoms with Gasteiger partial charge in [-0.2, -0.15) is 0 Å². The third-order valence-corrected chi connectivity index (χ3v) is 4.12. The van der Waals surface area contributed by atoms with Crippen molar-refractivity contribution in [3.05, 3.63) is 21.9 Å². The zero-order valence-electron chi connectivity index (χ0n) is 10.7. The highest BCUT2D eigenvalue weighted by molar-refractivity contribution is 7.10. The molecular formula is C12H15N3O4S. The van der Waals surface area contributed by atoms with E-state index in [1.807, 2.05) is 11.4 Å². The van der Waals surface area contributed by atoms with Crippen LogP contribution in [0.1, 0.15) is 16.9 Å². The average Bonchev–Trinajstić information content (AvgIpc) is 2.84. The number of aliphatic carboxylic acids is 1. The van der Waals surface area contributed by atoms with Crippen molar-refractivity contribution < 1.29 is 19.5 Å². The Kier molecular flexibility index (Phi) is 4.23. The number of carbonyl (C=O) groups is 3. The van der Waals surface area contributed by atoms with Gasteiger partial charge in [-0.05, 0) is 23.4 Å². The summed E-state index contributed by atoms with van der Waals surface area (Å²) in [6.45, 7) is 0.982. The number of carboxylic acids is 1. The van der Waals surface area contributed by atoms with Crippen molar-refractivity contribution in [1.82, 2.24) is 10.2 Å². The van der Waals surface area contributed by atoms with Crippen LogP contribution in [0.5, 0.6) is 0 Å². The minimum Gasteiger partial charge on any atom is -0.480 e. The number of rotatable bonds is 4. The zero-order valence-corrected chi connectivity index (χ0v) is 11.5. The molecule has 0 fully saturated rings. The minimum absolute atomic E-state index is 0.418. The van der Waals surface area contributed by atoms with Crippen molar-refractivity contribution in [2.45, 2.75) is 25.4 Å². The Bertz CT molecular complexity index is 543. The van der Waals surface area contributed by atoms with Crippen molar-refractivity contribution >= 4 is 29.2 Å². The number of hydrogen-bond donors (Lipinski definition) is 3. The Morgan fingerprint density at radius 3 is 2.90 bits per heavy atom. The predicted octanol–water partition coefficient (Wildman–Crippen LogP) is 0.144. The lowest BCUT2D eigenvalue weighted by atomic mass is 10.1. The van der Waals surface area contributed by atoms with Gasteiger partial charge in [0.1, 0.15) is 6.04 Å². The van der Waals surface area contributed by atoms with Crippen LogP contribution in [-0.4, -0.2) is 40.5 Å². The molecule has 1 aliphatic rings. The third kappa shape index (κ3) is 3.27. The summed E-state index contributed by atoms with van der Waals surface area (Å²) in [5.74, 6) is -2.04. The van der Waals surface area contributed by atoms with E-state index in [1.165, 1.54) is 9.78 Å². The number of hydrogen-bond acceptors (Lipinski definition) is 4.